The summed E-state index contributed by atoms with van der Waals surface area (Å²) in [4.78, 5) is 49.4. The number of fused-ring (bicyclic) bond motifs is 3. The number of aryl methyl sites for hydroxylation is 3. The zero-order chi connectivity index (χ0) is 44.5. The summed E-state index contributed by atoms with van der Waals surface area (Å²) in [6.45, 7) is 13.6. The Kier molecular flexibility index (Phi) is 15.5. The summed E-state index contributed by atoms with van der Waals surface area (Å²) in [5, 5.41) is 5.52. The van der Waals surface area contributed by atoms with Gasteiger partial charge in [-0.25, -0.2) is 9.78 Å². The van der Waals surface area contributed by atoms with Crippen molar-refractivity contribution in [1.82, 2.24) is 14.9 Å². The number of anilines is 2. The van der Waals surface area contributed by atoms with Gasteiger partial charge in [0.25, 0.3) is 0 Å². The molecule has 4 aromatic rings. The van der Waals surface area contributed by atoms with Crippen molar-refractivity contribution in [3.8, 4) is 11.5 Å². The summed E-state index contributed by atoms with van der Waals surface area (Å²) in [6.07, 6.45) is 10.5. The smallest absolute Gasteiger partial charge is 0.325 e. The van der Waals surface area contributed by atoms with Crippen LogP contribution in [-0.2, 0) is 20.7 Å². The molecule has 336 valence electrons. The average Bonchev–Trinajstić information content (AvgIpc) is 3.77. The first-order valence-corrected chi connectivity index (χ1v) is 23.3. The molecular weight excluding hydrogens is 862 g/mol. The van der Waals surface area contributed by atoms with Crippen LogP contribution in [0.3, 0.4) is 0 Å². The number of morpholine rings is 1. The van der Waals surface area contributed by atoms with Gasteiger partial charge in [0.15, 0.2) is 11.6 Å². The molecule has 0 spiro atoms. The summed E-state index contributed by atoms with van der Waals surface area (Å²) in [5.41, 5.74) is 6.96. The lowest BCUT2D eigenvalue weighted by Gasteiger charge is -2.44. The van der Waals surface area contributed by atoms with E-state index in [0.29, 0.717) is 68.2 Å². The quantitative estimate of drug-likeness (QED) is 0.0737. The second-order valence-electron chi connectivity index (χ2n) is 18.1. The molecule has 2 N–H and O–H groups in total. The number of nitrogens with zero attached hydrogens (tertiary/aromatic N) is 3. The highest BCUT2D eigenvalue weighted by Gasteiger charge is 2.46. The second kappa shape index (κ2) is 21.2. The van der Waals surface area contributed by atoms with Gasteiger partial charge in [-0.1, -0.05) is 66.4 Å². The molecule has 2 fully saturated rings. The van der Waals surface area contributed by atoms with Crippen molar-refractivity contribution in [3.05, 3.63) is 105 Å². The largest absolute Gasteiger partial charge is 0.494 e. The maximum atomic E-state index is 13.3. The second-order valence-corrected chi connectivity index (χ2v) is 18.9. The van der Waals surface area contributed by atoms with Gasteiger partial charge in [0.05, 0.1) is 49.6 Å². The number of Topliss-reactive ketones (excluding diaryl/α,β-unsaturated/α-hetero) is 1. The fraction of sp³-hybridized carbons (Fsp3) is 0.500. The van der Waals surface area contributed by atoms with Crippen LogP contribution in [0.25, 0.3) is 0 Å². The molecule has 4 atom stereocenters. The standard InChI is InChI=1S/C50H62BrN5O7/c1-32-11-12-36-26-41(39-18-22-62-48(39)40(36)24-32)50(4,5)19-17-44(57)35-13-15-37(16-14-35)60-21-9-7-6-8-10-47(58)56-20-23-61-38(30-56)31-63-45-25-33(2)42(51)27-43(45)54-49(59)55-46-29-52-34(3)28-53-46/h11-16,24-25,27-29,38-39,41,48H,6-10,17-23,26,30-31H2,1-5H3,(H2,53,54,55,59)/t38-,39-,41-,48-/m0/s1. The number of carbonyl (C=O) groups excluding carboxylic acids is 3. The minimum Gasteiger partial charge on any atom is -0.494 e. The number of carbonyl (C=O) groups is 3. The zero-order valence-corrected chi connectivity index (χ0v) is 38.9. The van der Waals surface area contributed by atoms with E-state index in [9.17, 15) is 14.4 Å². The number of ether oxygens (including phenoxy) is 4. The SMILES string of the molecule is Cc1ccc2c(c1)[C@H]1OCC[C@H]1[C@@H](C(C)(C)CCC(=O)c1ccc(OCCCCCCC(=O)N3CCO[C@H](COc4cc(C)c(Br)cc4NC(=O)Nc4cnc(C)cn4)C3)cc1)C2. The molecule has 0 bridgehead atoms. The highest BCUT2D eigenvalue weighted by atomic mass is 79.9. The number of aromatic nitrogens is 2. The van der Waals surface area contributed by atoms with Gasteiger partial charge in [-0.2, -0.15) is 0 Å². The zero-order valence-electron chi connectivity index (χ0n) is 37.3. The number of benzene rings is 3. The molecule has 0 unspecified atom stereocenters. The normalized spacial score (nSPS) is 19.5. The number of unbranched alkanes of at least 4 members (excludes halogenated alkanes) is 3. The van der Waals surface area contributed by atoms with Gasteiger partial charge in [-0.15, -0.1) is 0 Å². The molecule has 0 radical (unpaired) electrons. The van der Waals surface area contributed by atoms with E-state index in [2.05, 4.69) is 75.5 Å². The third-order valence-corrected chi connectivity index (χ3v) is 13.7. The van der Waals surface area contributed by atoms with Crippen LogP contribution in [-0.4, -0.2) is 78.2 Å². The van der Waals surface area contributed by atoms with Crippen LogP contribution < -0.4 is 20.1 Å². The molecule has 7 rings (SSSR count). The van der Waals surface area contributed by atoms with Crippen molar-refractivity contribution < 1.29 is 33.3 Å². The molecule has 12 nitrogen and oxygen atoms in total. The van der Waals surface area contributed by atoms with E-state index in [4.69, 9.17) is 18.9 Å². The summed E-state index contributed by atoms with van der Waals surface area (Å²) >= 11 is 3.54. The Morgan fingerprint density at radius 2 is 1.70 bits per heavy atom. The van der Waals surface area contributed by atoms with E-state index >= 15 is 0 Å². The monoisotopic (exact) mass is 923 g/mol. The molecule has 3 amide bonds. The topological polar surface area (TPSA) is 141 Å². The maximum absolute atomic E-state index is 13.3. The van der Waals surface area contributed by atoms with Crippen LogP contribution in [0.4, 0.5) is 16.3 Å². The molecule has 2 aliphatic heterocycles. The van der Waals surface area contributed by atoms with E-state index in [1.54, 1.807) is 12.3 Å². The number of nitrogens with one attached hydrogen (secondary N) is 2. The number of urea groups is 1. The van der Waals surface area contributed by atoms with E-state index < -0.39 is 6.03 Å². The maximum Gasteiger partial charge on any atom is 0.325 e. The van der Waals surface area contributed by atoms with Gasteiger partial charge in [0, 0.05) is 36.0 Å². The summed E-state index contributed by atoms with van der Waals surface area (Å²) < 4.78 is 25.2. The predicted molar refractivity (Wildman–Crippen MR) is 248 cm³/mol. The summed E-state index contributed by atoms with van der Waals surface area (Å²) in [6, 6.07) is 17.5. The highest BCUT2D eigenvalue weighted by Crippen LogP contribution is 2.53. The first kappa shape index (κ1) is 46.2. The van der Waals surface area contributed by atoms with Gasteiger partial charge < -0.3 is 29.2 Å². The van der Waals surface area contributed by atoms with Crippen LogP contribution >= 0.6 is 15.9 Å². The van der Waals surface area contributed by atoms with Crippen molar-refractivity contribution >= 4 is 45.2 Å². The highest BCUT2D eigenvalue weighted by molar-refractivity contribution is 9.10. The third kappa shape index (κ3) is 12.2. The Hall–Kier alpha value is -4.85. The Morgan fingerprint density at radius 1 is 0.889 bits per heavy atom. The number of amides is 3. The fourth-order valence-electron chi connectivity index (χ4n) is 9.16. The number of ketones is 1. The lowest BCUT2D eigenvalue weighted by atomic mass is 9.61. The number of hydrogen-bond donors (Lipinski definition) is 2. The number of hydrogen-bond acceptors (Lipinski definition) is 9. The fourth-order valence-corrected chi connectivity index (χ4v) is 9.50. The van der Waals surface area contributed by atoms with Gasteiger partial charge in [0.1, 0.15) is 24.2 Å². The molecule has 13 heteroatoms. The van der Waals surface area contributed by atoms with Gasteiger partial charge >= 0.3 is 6.03 Å². The summed E-state index contributed by atoms with van der Waals surface area (Å²) in [5.74, 6) is 2.84. The van der Waals surface area contributed by atoms with Gasteiger partial charge in [-0.3, -0.25) is 19.9 Å². The van der Waals surface area contributed by atoms with Crippen LogP contribution in [0.15, 0.2) is 71.5 Å². The third-order valence-electron chi connectivity index (χ3n) is 12.9. The molecule has 63 heavy (non-hydrogen) atoms. The van der Waals surface area contributed by atoms with Crippen LogP contribution in [0.5, 0.6) is 11.5 Å². The van der Waals surface area contributed by atoms with Crippen LogP contribution in [0, 0.1) is 38.0 Å². The van der Waals surface area contributed by atoms with E-state index in [0.717, 1.165) is 78.6 Å². The lowest BCUT2D eigenvalue weighted by Crippen LogP contribution is -2.47. The van der Waals surface area contributed by atoms with Crippen LogP contribution in [0.2, 0.25) is 0 Å². The van der Waals surface area contributed by atoms with Crippen molar-refractivity contribution in [2.75, 3.05) is 50.2 Å². The first-order chi connectivity index (χ1) is 30.3. The predicted octanol–water partition coefficient (Wildman–Crippen LogP) is 10.4. The molecule has 1 aliphatic carbocycles. The first-order valence-electron chi connectivity index (χ1n) is 22.5. The average molecular weight is 925 g/mol. The Balaban J connectivity index is 0.776. The number of halogens is 1. The van der Waals surface area contributed by atoms with Gasteiger partial charge in [-0.05, 0) is 123 Å². The Morgan fingerprint density at radius 3 is 2.49 bits per heavy atom. The van der Waals surface area contributed by atoms with Gasteiger partial charge in [0.2, 0.25) is 5.91 Å². The minimum absolute atomic E-state index is 0.0137. The van der Waals surface area contributed by atoms with Crippen LogP contribution in [0.1, 0.15) is 110 Å². The Bertz CT molecular complexity index is 2220. The lowest BCUT2D eigenvalue weighted by molar-refractivity contribution is -0.140. The van der Waals surface area contributed by atoms with E-state index in [1.165, 1.54) is 22.9 Å². The van der Waals surface area contributed by atoms with E-state index in [1.807, 2.05) is 49.1 Å². The minimum atomic E-state index is -0.480. The molecule has 3 heterocycles. The molecule has 1 aromatic heterocycles. The molecule has 0 saturated carbocycles. The molecule has 3 aliphatic rings. The molecule has 2 saturated heterocycles. The summed E-state index contributed by atoms with van der Waals surface area (Å²) in [7, 11) is 0. The Labute approximate surface area is 380 Å². The van der Waals surface area contributed by atoms with Crippen molar-refractivity contribution in [2.24, 2.45) is 17.3 Å². The van der Waals surface area contributed by atoms with E-state index in [-0.39, 0.29) is 35.9 Å². The molecular formula is C50H62BrN5O7. The van der Waals surface area contributed by atoms with Crippen molar-refractivity contribution in [1.29, 1.82) is 0 Å². The van der Waals surface area contributed by atoms with Crippen molar-refractivity contribution in [2.45, 2.75) is 105 Å². The molecule has 3 aromatic carbocycles. The number of rotatable bonds is 18. The van der Waals surface area contributed by atoms with Crippen molar-refractivity contribution in [3.63, 3.8) is 0 Å².